The quantitative estimate of drug-likeness (QED) is 0.753. The van der Waals surface area contributed by atoms with Gasteiger partial charge in [0.2, 0.25) is 0 Å². The van der Waals surface area contributed by atoms with Gasteiger partial charge in [0.15, 0.2) is 11.9 Å². The SMILES string of the molecule is NC(=O)OC(C(=O)CBr)C(Cc1ccccc1)c1ccccc1. The van der Waals surface area contributed by atoms with E-state index < -0.39 is 12.2 Å². The molecule has 0 fully saturated rings. The Balaban J connectivity index is 2.37. The van der Waals surface area contributed by atoms with Gasteiger partial charge >= 0.3 is 6.09 Å². The molecule has 0 spiro atoms. The molecule has 2 N–H and O–H groups in total. The minimum atomic E-state index is -0.946. The van der Waals surface area contributed by atoms with Crippen LogP contribution < -0.4 is 5.73 Å². The van der Waals surface area contributed by atoms with Crippen LogP contribution in [0.5, 0.6) is 0 Å². The number of Topliss-reactive ketones (excluding diaryl/α,β-unsaturated/α-hetero) is 1. The van der Waals surface area contributed by atoms with Gasteiger partial charge in [0.25, 0.3) is 0 Å². The smallest absolute Gasteiger partial charge is 0.405 e. The van der Waals surface area contributed by atoms with Gasteiger partial charge in [-0.25, -0.2) is 4.79 Å². The molecule has 0 saturated heterocycles. The second-order valence-electron chi connectivity index (χ2n) is 5.16. The fraction of sp³-hybridized carbons (Fsp3) is 0.222. The van der Waals surface area contributed by atoms with Crippen molar-refractivity contribution in [3.63, 3.8) is 0 Å². The fourth-order valence-electron chi connectivity index (χ4n) is 2.54. The third kappa shape index (κ3) is 4.93. The maximum absolute atomic E-state index is 12.3. The number of primary amides is 1. The molecule has 0 bridgehead atoms. The Kier molecular flexibility index (Phi) is 6.35. The molecule has 0 radical (unpaired) electrons. The summed E-state index contributed by atoms with van der Waals surface area (Å²) in [6.45, 7) is 0. The maximum Gasteiger partial charge on any atom is 0.405 e. The first-order valence-corrected chi connectivity index (χ1v) is 8.37. The van der Waals surface area contributed by atoms with Gasteiger partial charge in [-0.2, -0.15) is 0 Å². The van der Waals surface area contributed by atoms with E-state index in [1.54, 1.807) is 0 Å². The largest absolute Gasteiger partial charge is 0.438 e. The molecule has 0 aromatic heterocycles. The van der Waals surface area contributed by atoms with Gasteiger partial charge in [0.05, 0.1) is 5.33 Å². The van der Waals surface area contributed by atoms with E-state index in [4.69, 9.17) is 10.5 Å². The zero-order chi connectivity index (χ0) is 16.7. The van der Waals surface area contributed by atoms with E-state index >= 15 is 0 Å². The van der Waals surface area contributed by atoms with E-state index in [0.717, 1.165) is 11.1 Å². The Bertz CT molecular complexity index is 646. The van der Waals surface area contributed by atoms with Crippen molar-refractivity contribution >= 4 is 27.8 Å². The first kappa shape index (κ1) is 17.2. The number of benzene rings is 2. The Morgan fingerprint density at radius 1 is 1.00 bits per heavy atom. The lowest BCUT2D eigenvalue weighted by molar-refractivity contribution is -0.125. The van der Waals surface area contributed by atoms with E-state index in [9.17, 15) is 9.59 Å². The number of hydrogen-bond acceptors (Lipinski definition) is 3. The van der Waals surface area contributed by atoms with E-state index in [1.165, 1.54) is 0 Å². The Labute approximate surface area is 143 Å². The van der Waals surface area contributed by atoms with E-state index in [2.05, 4.69) is 15.9 Å². The fourth-order valence-corrected chi connectivity index (χ4v) is 2.86. The van der Waals surface area contributed by atoms with Crippen LogP contribution in [-0.4, -0.2) is 23.3 Å². The van der Waals surface area contributed by atoms with Crippen molar-refractivity contribution in [3.8, 4) is 0 Å². The summed E-state index contributed by atoms with van der Waals surface area (Å²) in [5.41, 5.74) is 7.15. The third-order valence-electron chi connectivity index (χ3n) is 3.58. The summed E-state index contributed by atoms with van der Waals surface area (Å²) in [5, 5.41) is 0.100. The minimum Gasteiger partial charge on any atom is -0.438 e. The van der Waals surface area contributed by atoms with E-state index in [-0.39, 0.29) is 17.0 Å². The van der Waals surface area contributed by atoms with Gasteiger partial charge in [-0.15, -0.1) is 0 Å². The number of alkyl halides is 1. The minimum absolute atomic E-state index is 0.100. The topological polar surface area (TPSA) is 69.4 Å². The molecule has 2 atom stereocenters. The molecule has 120 valence electrons. The summed E-state index contributed by atoms with van der Waals surface area (Å²) in [5.74, 6) is -0.510. The summed E-state index contributed by atoms with van der Waals surface area (Å²) in [7, 11) is 0. The Morgan fingerprint density at radius 2 is 1.57 bits per heavy atom. The molecular formula is C18H18BrNO3. The first-order valence-electron chi connectivity index (χ1n) is 7.25. The van der Waals surface area contributed by atoms with Gasteiger partial charge in [-0.1, -0.05) is 76.6 Å². The molecule has 2 unspecified atom stereocenters. The normalized spacial score (nSPS) is 13.1. The van der Waals surface area contributed by atoms with Gasteiger partial charge in [0, 0.05) is 5.92 Å². The number of amides is 1. The van der Waals surface area contributed by atoms with Crippen molar-refractivity contribution in [1.82, 2.24) is 0 Å². The number of ether oxygens (including phenoxy) is 1. The second kappa shape index (κ2) is 8.48. The lowest BCUT2D eigenvalue weighted by Gasteiger charge is -2.25. The highest BCUT2D eigenvalue weighted by Crippen LogP contribution is 2.27. The average Bonchev–Trinajstić information content (AvgIpc) is 2.58. The number of carbonyl (C=O) groups is 2. The van der Waals surface area contributed by atoms with E-state index in [1.807, 2.05) is 60.7 Å². The molecule has 0 aliphatic rings. The number of ketones is 1. The zero-order valence-corrected chi connectivity index (χ0v) is 14.1. The molecule has 0 saturated carbocycles. The molecule has 2 rings (SSSR count). The predicted molar refractivity (Wildman–Crippen MR) is 92.6 cm³/mol. The summed E-state index contributed by atoms with van der Waals surface area (Å²) in [6, 6.07) is 19.3. The first-order chi connectivity index (χ1) is 11.1. The number of carbonyl (C=O) groups excluding carboxylic acids is 2. The number of nitrogens with two attached hydrogens (primary N) is 1. The van der Waals surface area contributed by atoms with Crippen LogP contribution in [0, 0.1) is 0 Å². The lowest BCUT2D eigenvalue weighted by Crippen LogP contribution is -2.37. The van der Waals surface area contributed by atoms with Crippen LogP contribution in [0.15, 0.2) is 60.7 Å². The van der Waals surface area contributed by atoms with Crippen LogP contribution in [0.2, 0.25) is 0 Å². The van der Waals surface area contributed by atoms with Gasteiger partial charge in [0.1, 0.15) is 0 Å². The van der Waals surface area contributed by atoms with Crippen molar-refractivity contribution in [2.45, 2.75) is 18.4 Å². The van der Waals surface area contributed by atoms with Crippen LogP contribution in [0.4, 0.5) is 4.79 Å². The number of halogens is 1. The highest BCUT2D eigenvalue weighted by atomic mass is 79.9. The molecule has 0 heterocycles. The van der Waals surface area contributed by atoms with Gasteiger partial charge in [-0.3, -0.25) is 4.79 Å². The molecule has 1 amide bonds. The summed E-state index contributed by atoms with van der Waals surface area (Å²) in [6.07, 6.45) is -1.30. The highest BCUT2D eigenvalue weighted by molar-refractivity contribution is 9.09. The lowest BCUT2D eigenvalue weighted by atomic mass is 9.86. The third-order valence-corrected chi connectivity index (χ3v) is 4.14. The number of rotatable bonds is 7. The van der Waals surface area contributed by atoms with E-state index in [0.29, 0.717) is 6.42 Å². The van der Waals surface area contributed by atoms with Gasteiger partial charge in [-0.05, 0) is 17.5 Å². The van der Waals surface area contributed by atoms with Crippen molar-refractivity contribution in [1.29, 1.82) is 0 Å². The van der Waals surface area contributed by atoms with Crippen molar-refractivity contribution in [2.75, 3.05) is 5.33 Å². The second-order valence-corrected chi connectivity index (χ2v) is 5.73. The average molecular weight is 376 g/mol. The number of hydrogen-bond donors (Lipinski definition) is 1. The summed E-state index contributed by atoms with van der Waals surface area (Å²) < 4.78 is 5.15. The van der Waals surface area contributed by atoms with Crippen LogP contribution in [0.1, 0.15) is 17.0 Å². The molecule has 4 nitrogen and oxygen atoms in total. The maximum atomic E-state index is 12.3. The molecular weight excluding hydrogens is 358 g/mol. The Hall–Kier alpha value is -2.14. The summed E-state index contributed by atoms with van der Waals surface area (Å²) >= 11 is 3.15. The van der Waals surface area contributed by atoms with Crippen LogP contribution in [0.25, 0.3) is 0 Å². The molecule has 5 heteroatoms. The molecule has 0 aliphatic heterocycles. The standard InChI is InChI=1S/C18H18BrNO3/c19-12-16(21)17(23-18(20)22)15(14-9-5-2-6-10-14)11-13-7-3-1-4-8-13/h1-10,15,17H,11-12H2,(H2,20,22). The van der Waals surface area contributed by atoms with Crippen LogP contribution in [0.3, 0.4) is 0 Å². The highest BCUT2D eigenvalue weighted by Gasteiger charge is 2.32. The molecule has 0 aliphatic carbocycles. The van der Waals surface area contributed by atoms with Crippen molar-refractivity contribution in [3.05, 3.63) is 71.8 Å². The van der Waals surface area contributed by atoms with Crippen LogP contribution in [-0.2, 0) is 16.0 Å². The molecule has 23 heavy (non-hydrogen) atoms. The Morgan fingerprint density at radius 3 is 2.09 bits per heavy atom. The zero-order valence-electron chi connectivity index (χ0n) is 12.5. The van der Waals surface area contributed by atoms with Crippen molar-refractivity contribution in [2.24, 2.45) is 5.73 Å². The summed E-state index contributed by atoms with van der Waals surface area (Å²) in [4.78, 5) is 23.5. The predicted octanol–water partition coefficient (Wildman–Crippen LogP) is 3.44. The van der Waals surface area contributed by atoms with Crippen LogP contribution >= 0.6 is 15.9 Å². The molecule has 2 aromatic rings. The van der Waals surface area contributed by atoms with Crippen molar-refractivity contribution < 1.29 is 14.3 Å². The van der Waals surface area contributed by atoms with Gasteiger partial charge < -0.3 is 10.5 Å². The molecule has 2 aromatic carbocycles. The monoisotopic (exact) mass is 375 g/mol.